The molecule has 1 saturated carbocycles. The van der Waals surface area contributed by atoms with E-state index in [0.29, 0.717) is 5.92 Å². The summed E-state index contributed by atoms with van der Waals surface area (Å²) in [5, 5.41) is 9.03. The van der Waals surface area contributed by atoms with Crippen molar-refractivity contribution < 1.29 is 10.1 Å². The number of benzene rings is 1. The summed E-state index contributed by atoms with van der Waals surface area (Å²) in [5.74, 6) is 0.478. The van der Waals surface area contributed by atoms with E-state index in [2.05, 4.69) is 4.89 Å². The molecular weight excluding hydrogens is 188 g/mol. The highest BCUT2D eigenvalue weighted by molar-refractivity contribution is 5.18. The Labute approximate surface area is 90.8 Å². The van der Waals surface area contributed by atoms with E-state index in [1.807, 2.05) is 30.3 Å². The zero-order valence-electron chi connectivity index (χ0n) is 8.93. The van der Waals surface area contributed by atoms with Gasteiger partial charge in [-0.1, -0.05) is 49.6 Å². The highest BCUT2D eigenvalue weighted by Gasteiger charge is 2.25. The van der Waals surface area contributed by atoms with Gasteiger partial charge in [0.2, 0.25) is 0 Å². The lowest BCUT2D eigenvalue weighted by Gasteiger charge is -2.28. The molecule has 1 atom stereocenters. The van der Waals surface area contributed by atoms with Gasteiger partial charge in [0, 0.05) is 0 Å². The number of rotatable bonds is 3. The second kappa shape index (κ2) is 5.29. The zero-order chi connectivity index (χ0) is 10.5. The summed E-state index contributed by atoms with van der Waals surface area (Å²) in [4.78, 5) is 4.68. The predicted molar refractivity (Wildman–Crippen MR) is 59.5 cm³/mol. The minimum absolute atomic E-state index is 0.133. The Bertz CT molecular complexity index is 278. The maximum Gasteiger partial charge on any atom is 0.120 e. The monoisotopic (exact) mass is 206 g/mol. The fourth-order valence-corrected chi connectivity index (χ4v) is 2.50. The first kappa shape index (κ1) is 10.7. The average Bonchev–Trinajstić information content (AvgIpc) is 2.33. The van der Waals surface area contributed by atoms with Crippen LogP contribution in [-0.4, -0.2) is 5.26 Å². The summed E-state index contributed by atoms with van der Waals surface area (Å²) in [6.45, 7) is 0. The molecule has 1 unspecified atom stereocenters. The van der Waals surface area contributed by atoms with Crippen LogP contribution in [0.5, 0.6) is 0 Å². The normalized spacial score (nSPS) is 20.1. The van der Waals surface area contributed by atoms with Gasteiger partial charge < -0.3 is 0 Å². The molecule has 0 radical (unpaired) electrons. The van der Waals surface area contributed by atoms with E-state index in [-0.39, 0.29) is 6.10 Å². The van der Waals surface area contributed by atoms with E-state index in [0.717, 1.165) is 5.56 Å². The number of hydrogen-bond acceptors (Lipinski definition) is 2. The van der Waals surface area contributed by atoms with E-state index < -0.39 is 0 Å². The van der Waals surface area contributed by atoms with E-state index in [1.54, 1.807) is 0 Å². The first-order valence-electron chi connectivity index (χ1n) is 5.77. The SMILES string of the molecule is OOC(c1ccccc1)C1CCCCC1. The third-order valence-electron chi connectivity index (χ3n) is 3.32. The molecule has 15 heavy (non-hydrogen) atoms. The van der Waals surface area contributed by atoms with Crippen LogP contribution < -0.4 is 0 Å². The maximum atomic E-state index is 9.03. The molecule has 2 nitrogen and oxygen atoms in total. The second-order valence-corrected chi connectivity index (χ2v) is 4.33. The summed E-state index contributed by atoms with van der Waals surface area (Å²) in [6.07, 6.45) is 6.05. The first-order chi connectivity index (χ1) is 7.42. The van der Waals surface area contributed by atoms with Crippen molar-refractivity contribution in [3.8, 4) is 0 Å². The zero-order valence-corrected chi connectivity index (χ0v) is 8.93. The van der Waals surface area contributed by atoms with Crippen LogP contribution in [0.3, 0.4) is 0 Å². The van der Waals surface area contributed by atoms with Gasteiger partial charge in [-0.15, -0.1) is 0 Å². The molecule has 82 valence electrons. The molecule has 1 aromatic carbocycles. The molecule has 0 heterocycles. The first-order valence-corrected chi connectivity index (χ1v) is 5.77. The van der Waals surface area contributed by atoms with Crippen molar-refractivity contribution in [2.45, 2.75) is 38.2 Å². The average molecular weight is 206 g/mol. The Hall–Kier alpha value is -0.860. The Morgan fingerprint density at radius 1 is 1.07 bits per heavy atom. The van der Waals surface area contributed by atoms with Crippen molar-refractivity contribution in [1.82, 2.24) is 0 Å². The molecule has 1 aromatic rings. The van der Waals surface area contributed by atoms with Crippen molar-refractivity contribution in [2.75, 3.05) is 0 Å². The quantitative estimate of drug-likeness (QED) is 0.602. The molecule has 1 fully saturated rings. The van der Waals surface area contributed by atoms with E-state index >= 15 is 0 Å². The Balaban J connectivity index is 2.09. The molecule has 0 aromatic heterocycles. The van der Waals surface area contributed by atoms with E-state index in [1.165, 1.54) is 32.1 Å². The highest BCUT2D eigenvalue weighted by atomic mass is 17.1. The Morgan fingerprint density at radius 3 is 2.33 bits per heavy atom. The van der Waals surface area contributed by atoms with Gasteiger partial charge in [-0.25, -0.2) is 4.89 Å². The molecule has 0 spiro atoms. The smallest absolute Gasteiger partial charge is 0.120 e. The standard InChI is InChI=1S/C13H18O2/c14-15-13(11-7-3-1-4-8-11)12-9-5-2-6-10-12/h1,3-4,7-8,12-14H,2,5-6,9-10H2. The van der Waals surface area contributed by atoms with Gasteiger partial charge in [-0.3, -0.25) is 5.26 Å². The third kappa shape index (κ3) is 2.58. The second-order valence-electron chi connectivity index (χ2n) is 4.33. The lowest BCUT2D eigenvalue weighted by Crippen LogP contribution is -2.18. The molecule has 0 aliphatic heterocycles. The van der Waals surface area contributed by atoms with Crippen LogP contribution in [0.1, 0.15) is 43.8 Å². The highest BCUT2D eigenvalue weighted by Crippen LogP contribution is 2.36. The Morgan fingerprint density at radius 2 is 1.73 bits per heavy atom. The van der Waals surface area contributed by atoms with Crippen molar-refractivity contribution in [3.05, 3.63) is 35.9 Å². The van der Waals surface area contributed by atoms with Gasteiger partial charge in [0.05, 0.1) is 0 Å². The van der Waals surface area contributed by atoms with Crippen LogP contribution in [0, 0.1) is 5.92 Å². The predicted octanol–water partition coefficient (Wildman–Crippen LogP) is 3.80. The van der Waals surface area contributed by atoms with Crippen LogP contribution in [-0.2, 0) is 4.89 Å². The van der Waals surface area contributed by atoms with E-state index in [4.69, 9.17) is 5.26 Å². The van der Waals surface area contributed by atoms with Crippen molar-refractivity contribution in [1.29, 1.82) is 0 Å². The lowest BCUT2D eigenvalue weighted by atomic mass is 9.83. The van der Waals surface area contributed by atoms with Crippen molar-refractivity contribution in [2.24, 2.45) is 5.92 Å². The van der Waals surface area contributed by atoms with Crippen molar-refractivity contribution >= 4 is 0 Å². The molecule has 1 aliphatic rings. The van der Waals surface area contributed by atoms with Gasteiger partial charge in [-0.05, 0) is 24.3 Å². The van der Waals surface area contributed by atoms with Gasteiger partial charge in [-0.2, -0.15) is 0 Å². The third-order valence-corrected chi connectivity index (χ3v) is 3.32. The summed E-state index contributed by atoms with van der Waals surface area (Å²) >= 11 is 0. The molecule has 0 saturated heterocycles. The molecule has 2 rings (SSSR count). The van der Waals surface area contributed by atoms with E-state index in [9.17, 15) is 0 Å². The van der Waals surface area contributed by atoms with Crippen LogP contribution in [0.4, 0.5) is 0 Å². The lowest BCUT2D eigenvalue weighted by molar-refractivity contribution is -0.295. The summed E-state index contributed by atoms with van der Waals surface area (Å²) < 4.78 is 0. The van der Waals surface area contributed by atoms with Gasteiger partial charge in [0.1, 0.15) is 6.10 Å². The summed E-state index contributed by atoms with van der Waals surface area (Å²) in [7, 11) is 0. The molecule has 0 bridgehead atoms. The fourth-order valence-electron chi connectivity index (χ4n) is 2.50. The molecule has 1 aliphatic carbocycles. The van der Waals surface area contributed by atoms with Gasteiger partial charge in [0.15, 0.2) is 0 Å². The van der Waals surface area contributed by atoms with Crippen LogP contribution in [0.25, 0.3) is 0 Å². The molecule has 0 amide bonds. The van der Waals surface area contributed by atoms with Gasteiger partial charge in [0.25, 0.3) is 0 Å². The minimum Gasteiger partial charge on any atom is -0.251 e. The topological polar surface area (TPSA) is 29.5 Å². The maximum absolute atomic E-state index is 9.03. The molecular formula is C13H18O2. The largest absolute Gasteiger partial charge is 0.251 e. The Kier molecular flexibility index (Phi) is 3.75. The van der Waals surface area contributed by atoms with Gasteiger partial charge >= 0.3 is 0 Å². The van der Waals surface area contributed by atoms with Crippen LogP contribution in [0.2, 0.25) is 0 Å². The summed E-state index contributed by atoms with van der Waals surface area (Å²) in [5.41, 5.74) is 1.09. The van der Waals surface area contributed by atoms with Crippen LogP contribution >= 0.6 is 0 Å². The fraction of sp³-hybridized carbons (Fsp3) is 0.538. The van der Waals surface area contributed by atoms with Crippen LogP contribution in [0.15, 0.2) is 30.3 Å². The molecule has 1 N–H and O–H groups in total. The van der Waals surface area contributed by atoms with Crippen molar-refractivity contribution in [3.63, 3.8) is 0 Å². The minimum atomic E-state index is -0.133. The molecule has 2 heteroatoms. The summed E-state index contributed by atoms with van der Waals surface area (Å²) in [6, 6.07) is 10.0. The number of hydrogen-bond donors (Lipinski definition) is 1.